The zero-order chi connectivity index (χ0) is 53.0. The van der Waals surface area contributed by atoms with E-state index < -0.39 is 5.56 Å². The lowest BCUT2D eigenvalue weighted by Gasteiger charge is -2.36. The van der Waals surface area contributed by atoms with Crippen molar-refractivity contribution in [3.05, 3.63) is 140 Å². The highest BCUT2D eigenvalue weighted by Gasteiger charge is 2.29. The number of amides is 3. The smallest absolute Gasteiger partial charge is 0.301 e. The standard InChI is InChI=1S/C56H60N14O4S3/c1-3-39-31-69(27-23-58-39)41-17-15-37-28-40(16-14-38(37)29-41)62-52(73)49-46(57)42-18-19-43(63-53(42)77-49)33(2)61-50(71)36-20-24-68(25-21-36)26-22-59-51(72)45-30-60-55(76-45)66-65-48-47(35-12-8-5-9-13-35)67-70(54(48)74)56-64-44(32-75-56)34-10-6-4-7-11-34/h4-13,15,17-19,29-30,32-33,36,39-40,58,67H,3,14,16,20-28,31,57H2,1-2H3,(H,59,72)(H,61,71)(H,62,73)/t33-,39-,40+/m1/s1. The van der Waals surface area contributed by atoms with Gasteiger partial charge in [0.25, 0.3) is 11.8 Å². The number of aryl methyl sites for hydroxylation is 1. The quantitative estimate of drug-likeness (QED) is 0.0501. The lowest BCUT2D eigenvalue weighted by Crippen LogP contribution is -2.50. The number of carbonyl (C=O) groups excluding carboxylic acids is 3. The Morgan fingerprint density at radius 3 is 2.48 bits per heavy atom. The number of rotatable bonds is 16. The molecule has 3 amide bonds. The molecule has 18 nitrogen and oxygen atoms in total. The number of aromatic nitrogens is 5. The number of thiophene rings is 1. The number of anilines is 2. The van der Waals surface area contributed by atoms with Crippen molar-refractivity contribution in [2.75, 3.05) is 56.4 Å². The van der Waals surface area contributed by atoms with Gasteiger partial charge in [0.05, 0.1) is 35.0 Å². The van der Waals surface area contributed by atoms with Gasteiger partial charge in [-0.05, 0) is 93.9 Å². The van der Waals surface area contributed by atoms with Gasteiger partial charge in [-0.2, -0.15) is 4.68 Å². The molecule has 3 atom stereocenters. The number of likely N-dealkylation sites (tertiary alicyclic amines) is 1. The summed E-state index contributed by atoms with van der Waals surface area (Å²) in [6, 6.07) is 29.9. The number of nitrogen functional groups attached to an aromatic ring is 1. The minimum atomic E-state index is -0.421. The largest absolute Gasteiger partial charge is 0.397 e. The van der Waals surface area contributed by atoms with E-state index in [-0.39, 0.29) is 46.5 Å². The van der Waals surface area contributed by atoms with E-state index in [9.17, 15) is 19.2 Å². The van der Waals surface area contributed by atoms with Gasteiger partial charge in [0.2, 0.25) is 16.2 Å². The number of nitrogens with one attached hydrogen (secondary N) is 5. The normalized spacial score (nSPS) is 17.6. The van der Waals surface area contributed by atoms with Crippen LogP contribution in [-0.4, -0.2) is 105 Å². The number of nitrogens with two attached hydrogens (primary N) is 1. The lowest BCUT2D eigenvalue weighted by molar-refractivity contribution is -0.127. The van der Waals surface area contributed by atoms with Gasteiger partial charge in [0, 0.05) is 78.3 Å². The number of thiazole rings is 2. The molecule has 11 rings (SSSR count). The molecule has 0 bridgehead atoms. The first-order valence-electron chi connectivity index (χ1n) is 26.2. The fraction of sp³-hybridized carbons (Fsp3) is 0.339. The molecule has 21 heteroatoms. The summed E-state index contributed by atoms with van der Waals surface area (Å²) in [7, 11) is 0. The minimum Gasteiger partial charge on any atom is -0.397 e. The van der Waals surface area contributed by atoms with Crippen LogP contribution in [0.1, 0.15) is 81.7 Å². The van der Waals surface area contributed by atoms with Crippen molar-refractivity contribution in [3.63, 3.8) is 0 Å². The van der Waals surface area contributed by atoms with E-state index in [0.717, 1.165) is 78.9 Å². The summed E-state index contributed by atoms with van der Waals surface area (Å²) in [4.78, 5) is 74.4. The van der Waals surface area contributed by atoms with Gasteiger partial charge < -0.3 is 36.8 Å². The molecule has 7 heterocycles. The molecular weight excluding hydrogens is 1030 g/mol. The van der Waals surface area contributed by atoms with Crippen LogP contribution in [0, 0.1) is 5.92 Å². The Labute approximate surface area is 457 Å². The average molecular weight is 1090 g/mol. The van der Waals surface area contributed by atoms with Gasteiger partial charge in [-0.3, -0.25) is 24.3 Å². The Kier molecular flexibility index (Phi) is 15.5. The second-order valence-corrected chi connectivity index (χ2v) is 22.7. The Balaban J connectivity index is 0.635. The summed E-state index contributed by atoms with van der Waals surface area (Å²) in [5, 5.41) is 28.2. The monoisotopic (exact) mass is 1090 g/mol. The van der Waals surface area contributed by atoms with E-state index in [4.69, 9.17) is 15.7 Å². The van der Waals surface area contributed by atoms with Crippen molar-refractivity contribution in [1.29, 1.82) is 0 Å². The van der Waals surface area contributed by atoms with Gasteiger partial charge in [-0.1, -0.05) is 85.0 Å². The average Bonchev–Trinajstić information content (AvgIpc) is 4.32. The molecule has 1 aliphatic carbocycles. The molecular formula is C56H60N14O4S3. The number of hydrogen-bond acceptors (Lipinski definition) is 16. The molecule has 3 aromatic carbocycles. The molecule has 2 saturated heterocycles. The number of piperazine rings is 1. The van der Waals surface area contributed by atoms with E-state index >= 15 is 0 Å². The predicted octanol–water partition coefficient (Wildman–Crippen LogP) is 8.81. The van der Waals surface area contributed by atoms with E-state index in [1.165, 1.54) is 50.4 Å². The zero-order valence-corrected chi connectivity index (χ0v) is 45.3. The third kappa shape index (κ3) is 11.5. The van der Waals surface area contributed by atoms with E-state index in [1.54, 1.807) is 0 Å². The number of benzene rings is 3. The SMILES string of the molecule is CC[C@@H]1CN(c2ccc3c(c2)CC[C@H](NC(=O)c2sc4nc([C@@H](C)NC(=O)C5CCN(CCNC(=O)c6cnc(N=Nc7c(-c8ccccc8)[nH]n(-c8nc(-c9ccccc9)cs8)c7=O)s6)CC5)ccc4c2N)C3)CCN1. The molecule has 0 saturated carbocycles. The van der Waals surface area contributed by atoms with Crippen molar-refractivity contribution in [2.24, 2.45) is 16.1 Å². The molecule has 396 valence electrons. The molecule has 2 fully saturated rings. The highest BCUT2D eigenvalue weighted by atomic mass is 32.1. The molecule has 0 radical (unpaired) electrons. The Morgan fingerprint density at radius 1 is 0.896 bits per heavy atom. The molecule has 8 aromatic rings. The fourth-order valence-corrected chi connectivity index (χ4v) is 12.8. The van der Waals surface area contributed by atoms with Crippen LogP contribution in [-0.2, 0) is 17.6 Å². The van der Waals surface area contributed by atoms with Crippen molar-refractivity contribution in [2.45, 2.75) is 70.5 Å². The molecule has 7 N–H and O–H groups in total. The highest BCUT2D eigenvalue weighted by Crippen LogP contribution is 2.35. The van der Waals surface area contributed by atoms with Crippen LogP contribution in [0.25, 0.3) is 37.9 Å². The summed E-state index contributed by atoms with van der Waals surface area (Å²) >= 11 is 3.70. The molecule has 77 heavy (non-hydrogen) atoms. The third-order valence-corrected chi connectivity index (χ3v) is 17.6. The second-order valence-electron chi connectivity index (χ2n) is 19.8. The maximum Gasteiger partial charge on any atom is 0.301 e. The number of piperidine rings is 1. The highest BCUT2D eigenvalue weighted by molar-refractivity contribution is 7.21. The topological polar surface area (TPSA) is 233 Å². The molecule has 3 aliphatic rings. The van der Waals surface area contributed by atoms with Crippen LogP contribution in [0.2, 0.25) is 0 Å². The molecule has 0 unspecified atom stereocenters. The number of carbonyl (C=O) groups is 3. The van der Waals surface area contributed by atoms with Crippen molar-refractivity contribution < 1.29 is 14.4 Å². The van der Waals surface area contributed by atoms with Gasteiger partial charge in [0.15, 0.2) is 5.69 Å². The summed E-state index contributed by atoms with van der Waals surface area (Å²) in [5.74, 6) is -0.644. The number of H-pyrrole nitrogens is 1. The van der Waals surface area contributed by atoms with Crippen LogP contribution < -0.4 is 37.5 Å². The number of aromatic amines is 1. The van der Waals surface area contributed by atoms with Gasteiger partial charge in [-0.25, -0.2) is 15.0 Å². The van der Waals surface area contributed by atoms with Crippen LogP contribution in [0.15, 0.2) is 118 Å². The lowest BCUT2D eigenvalue weighted by atomic mass is 9.87. The summed E-state index contributed by atoms with van der Waals surface area (Å²) < 4.78 is 1.37. The Bertz CT molecular complexity index is 3510. The number of hydrogen-bond donors (Lipinski definition) is 6. The maximum atomic E-state index is 13.8. The molecule has 5 aromatic heterocycles. The Morgan fingerprint density at radius 2 is 1.69 bits per heavy atom. The minimum absolute atomic E-state index is 0.0123. The summed E-state index contributed by atoms with van der Waals surface area (Å²) in [5.41, 5.74) is 14.2. The summed E-state index contributed by atoms with van der Waals surface area (Å²) in [6.45, 7) is 9.63. The molecule has 0 spiro atoms. The number of azo groups is 1. The van der Waals surface area contributed by atoms with Crippen molar-refractivity contribution >= 4 is 84.1 Å². The van der Waals surface area contributed by atoms with Gasteiger partial charge >= 0.3 is 5.56 Å². The predicted molar refractivity (Wildman–Crippen MR) is 305 cm³/mol. The van der Waals surface area contributed by atoms with Crippen molar-refractivity contribution in [3.8, 4) is 27.6 Å². The van der Waals surface area contributed by atoms with Crippen LogP contribution in [0.5, 0.6) is 0 Å². The molecule has 2 aliphatic heterocycles. The first kappa shape index (κ1) is 51.7. The first-order chi connectivity index (χ1) is 37.5. The van der Waals surface area contributed by atoms with E-state index in [2.05, 4.69) is 76.5 Å². The van der Waals surface area contributed by atoms with E-state index in [1.807, 2.05) is 85.1 Å². The van der Waals surface area contributed by atoms with Crippen LogP contribution in [0.4, 0.5) is 22.2 Å². The number of pyridine rings is 1. The fourth-order valence-electron chi connectivity index (χ4n) is 10.4. The van der Waals surface area contributed by atoms with Gasteiger partial charge in [0.1, 0.15) is 14.6 Å². The summed E-state index contributed by atoms with van der Waals surface area (Å²) in [6.07, 6.45) is 6.49. The van der Waals surface area contributed by atoms with Crippen LogP contribution >= 0.6 is 34.0 Å². The van der Waals surface area contributed by atoms with Gasteiger partial charge in [-0.15, -0.1) is 32.9 Å². The van der Waals surface area contributed by atoms with Crippen LogP contribution in [0.3, 0.4) is 0 Å². The second kappa shape index (κ2) is 23.0. The number of fused-ring (bicyclic) bond motifs is 2. The zero-order valence-electron chi connectivity index (χ0n) is 42.8. The van der Waals surface area contributed by atoms with Crippen molar-refractivity contribution in [1.82, 2.24) is 50.9 Å². The third-order valence-electron chi connectivity index (χ3n) is 14.8. The first-order valence-corrected chi connectivity index (χ1v) is 28.8. The maximum absolute atomic E-state index is 13.8. The Hall–Kier alpha value is -7.43. The van der Waals surface area contributed by atoms with E-state index in [0.29, 0.717) is 81.9 Å². The number of nitrogens with zero attached hydrogens (tertiary/aromatic N) is 8.